The summed E-state index contributed by atoms with van der Waals surface area (Å²) in [4.78, 5) is 46.3. The highest BCUT2D eigenvalue weighted by Gasteiger charge is 2.79. The van der Waals surface area contributed by atoms with Gasteiger partial charge in [0, 0.05) is 44.7 Å². The molecule has 9 heteroatoms. The summed E-state index contributed by atoms with van der Waals surface area (Å²) in [6.07, 6.45) is 14.2. The molecule has 1 unspecified atom stereocenters. The van der Waals surface area contributed by atoms with Gasteiger partial charge in [0.2, 0.25) is 5.91 Å². The van der Waals surface area contributed by atoms with Crippen molar-refractivity contribution in [2.24, 2.45) is 72.9 Å². The predicted molar refractivity (Wildman–Crippen MR) is 239 cm³/mol. The third-order valence-corrected chi connectivity index (χ3v) is 22.3. The van der Waals surface area contributed by atoms with Crippen molar-refractivity contribution in [3.05, 3.63) is 12.2 Å². The predicted octanol–water partition coefficient (Wildman–Crippen LogP) is 9.81. The minimum Gasteiger partial charge on any atom is -0.481 e. The van der Waals surface area contributed by atoms with Crippen LogP contribution in [0.1, 0.15) is 159 Å². The van der Waals surface area contributed by atoms with Crippen LogP contribution in [0.25, 0.3) is 0 Å². The first-order valence-corrected chi connectivity index (χ1v) is 24.7. The van der Waals surface area contributed by atoms with Crippen LogP contribution in [-0.4, -0.2) is 97.5 Å². The highest BCUT2D eigenvalue weighted by Crippen LogP contribution is 2.84. The second-order valence-corrected chi connectivity index (χ2v) is 24.6. The van der Waals surface area contributed by atoms with Crippen molar-refractivity contribution in [1.82, 2.24) is 9.80 Å². The molecule has 2 aliphatic heterocycles. The maximum atomic E-state index is 15.7. The number of allylic oxidation sites excluding steroid dienone is 1. The minimum atomic E-state index is -0.815. The van der Waals surface area contributed by atoms with Gasteiger partial charge in [0.25, 0.3) is 0 Å². The fourth-order valence-electron chi connectivity index (χ4n) is 18.1. The zero-order chi connectivity index (χ0) is 44.3. The topological polar surface area (TPSA) is 106 Å². The van der Waals surface area contributed by atoms with Crippen LogP contribution in [0.2, 0.25) is 0 Å². The van der Waals surface area contributed by atoms with Crippen LogP contribution in [0.4, 0.5) is 0 Å². The summed E-state index contributed by atoms with van der Waals surface area (Å²) in [5.41, 5.74) is 0.204. The van der Waals surface area contributed by atoms with Crippen molar-refractivity contribution in [3.63, 3.8) is 0 Å². The number of carbonyl (C=O) groups excluding carboxylic acids is 2. The van der Waals surface area contributed by atoms with Crippen molar-refractivity contribution >= 4 is 17.8 Å². The number of ether oxygens (including phenoxy) is 3. The van der Waals surface area contributed by atoms with Gasteiger partial charge in [-0.1, -0.05) is 74.5 Å². The van der Waals surface area contributed by atoms with E-state index in [1.807, 2.05) is 13.8 Å². The van der Waals surface area contributed by atoms with E-state index in [4.69, 9.17) is 14.2 Å². The average molecular weight is 849 g/mol. The smallest absolute Gasteiger partial charge is 0.309 e. The summed E-state index contributed by atoms with van der Waals surface area (Å²) in [5.74, 6) is -0.266. The van der Waals surface area contributed by atoms with Crippen LogP contribution >= 0.6 is 0 Å². The maximum absolute atomic E-state index is 15.7. The van der Waals surface area contributed by atoms with Crippen molar-refractivity contribution in [2.45, 2.75) is 177 Å². The summed E-state index contributed by atoms with van der Waals surface area (Å²) in [6.45, 7) is 33.8. The number of esters is 1. The van der Waals surface area contributed by atoms with Crippen LogP contribution in [-0.2, 0) is 28.6 Å². The second-order valence-electron chi connectivity index (χ2n) is 24.6. The lowest BCUT2D eigenvalue weighted by atomic mass is 9.26. The molecule has 14 atom stereocenters. The number of carboxylic acids is 1. The van der Waals surface area contributed by atoms with Gasteiger partial charge in [-0.05, 0) is 147 Å². The number of hydrogen-bond donors (Lipinski definition) is 1. The molecular weight excluding hydrogens is 765 g/mol. The largest absolute Gasteiger partial charge is 0.481 e. The summed E-state index contributed by atoms with van der Waals surface area (Å²) in [5, 5.41) is 9.74. The zero-order valence-corrected chi connectivity index (χ0v) is 40.3. The van der Waals surface area contributed by atoms with Crippen molar-refractivity contribution in [3.8, 4) is 0 Å². The van der Waals surface area contributed by atoms with E-state index in [0.29, 0.717) is 43.3 Å². The number of aliphatic carboxylic acids is 1. The van der Waals surface area contributed by atoms with Gasteiger partial charge < -0.3 is 24.2 Å². The lowest BCUT2D eigenvalue weighted by molar-refractivity contribution is -0.303. The van der Waals surface area contributed by atoms with E-state index in [2.05, 4.69) is 71.8 Å². The molecule has 2 heterocycles. The van der Waals surface area contributed by atoms with E-state index in [9.17, 15) is 14.7 Å². The highest BCUT2D eigenvalue weighted by atomic mass is 16.5. The quantitative estimate of drug-likeness (QED) is 0.125. The van der Waals surface area contributed by atoms with Gasteiger partial charge in [0.1, 0.15) is 6.10 Å². The monoisotopic (exact) mass is 849 g/mol. The van der Waals surface area contributed by atoms with Gasteiger partial charge in [0.05, 0.1) is 36.6 Å². The second kappa shape index (κ2) is 15.3. The molecule has 344 valence electrons. The Bertz CT molecular complexity index is 1760. The van der Waals surface area contributed by atoms with Gasteiger partial charge in [0.15, 0.2) is 0 Å². The van der Waals surface area contributed by atoms with Gasteiger partial charge in [-0.3, -0.25) is 19.3 Å². The Morgan fingerprint density at radius 3 is 2.03 bits per heavy atom. The summed E-state index contributed by atoms with van der Waals surface area (Å²) in [7, 11) is 1.72. The standard InChI is InChI=1S/C52H84N2O7/c1-33(2)36-15-23-52(44(58)54-26-13-14-34(54)31-53-27-19-35(32-53)60-29-28-59-12)25-24-48(8)40(51(36,52)11)17-22-49(9)47(7)20-18-41(46(5,6)39(47)16-21-50(48,49)10)61-43(57)38-30-37(42(55)56)45(38,3)4/h34-41H,1,13-32H2,2-12H3,(H,55,56)/t34-,35+,36-,37-,38+,39-,40?,41-,47-,48+,49+,50-,51+,52+/m0/s1. The number of nitrogens with zero attached hydrogens (tertiary/aromatic N) is 2. The van der Waals surface area contributed by atoms with Crippen LogP contribution in [0.3, 0.4) is 0 Å². The lowest BCUT2D eigenvalue weighted by Crippen LogP contribution is -2.73. The number of rotatable bonds is 11. The van der Waals surface area contributed by atoms with Crippen LogP contribution < -0.4 is 0 Å². The molecule has 8 fully saturated rings. The van der Waals surface area contributed by atoms with Gasteiger partial charge in [-0.25, -0.2) is 0 Å². The Morgan fingerprint density at radius 1 is 0.721 bits per heavy atom. The number of amides is 1. The first-order chi connectivity index (χ1) is 28.5. The minimum absolute atomic E-state index is 0.0609. The third-order valence-electron chi connectivity index (χ3n) is 22.3. The van der Waals surface area contributed by atoms with Crippen LogP contribution in [0.5, 0.6) is 0 Å². The normalized spacial score (nSPS) is 47.4. The Hall–Kier alpha value is -1.97. The number of methoxy groups -OCH3 is 1. The first kappa shape index (κ1) is 45.6. The molecule has 0 aromatic carbocycles. The number of hydrogen-bond acceptors (Lipinski definition) is 7. The molecule has 61 heavy (non-hydrogen) atoms. The summed E-state index contributed by atoms with van der Waals surface area (Å²) >= 11 is 0. The Morgan fingerprint density at radius 2 is 1.39 bits per heavy atom. The van der Waals surface area contributed by atoms with Gasteiger partial charge in [-0.2, -0.15) is 0 Å². The highest BCUT2D eigenvalue weighted by molar-refractivity contribution is 5.85. The van der Waals surface area contributed by atoms with E-state index < -0.39 is 17.3 Å². The fourth-order valence-corrected chi connectivity index (χ4v) is 18.1. The van der Waals surface area contributed by atoms with Crippen molar-refractivity contribution in [2.75, 3.05) is 46.5 Å². The van der Waals surface area contributed by atoms with Crippen LogP contribution in [0.15, 0.2) is 12.2 Å². The third kappa shape index (κ3) is 6.23. The SMILES string of the molecule is C=C(C)[C@@H]1CC[C@]2(C(=O)N3CCC[C@H]3CN3CC[C@@H](OCCOC)C3)CC[C@]3(C)C(CC[C@@]4(C)[C@@]3(C)CC[C@H]3C(C)(C)[C@@H](OC(=O)[C@H]5C[C@@H](C(=O)O)C5(C)C)CC[C@@]34C)[C@@]12C. The molecule has 8 rings (SSSR count). The molecule has 0 bridgehead atoms. The summed E-state index contributed by atoms with van der Waals surface area (Å²) in [6, 6.07) is 0.267. The molecule has 1 amide bonds. The van der Waals surface area contributed by atoms with E-state index >= 15 is 4.79 Å². The average Bonchev–Trinajstić information content (AvgIpc) is 3.91. The maximum Gasteiger partial charge on any atom is 0.309 e. The Kier molecular flexibility index (Phi) is 11.4. The lowest BCUT2D eigenvalue weighted by Gasteiger charge is -2.78. The number of likely N-dealkylation sites (tertiary alicyclic amines) is 2. The molecular formula is C52H84N2O7. The molecule has 1 N–H and O–H groups in total. The fraction of sp³-hybridized carbons (Fsp3) is 0.904. The van der Waals surface area contributed by atoms with Gasteiger partial charge >= 0.3 is 11.9 Å². The Labute approximate surface area is 369 Å². The molecule has 6 aliphatic carbocycles. The first-order valence-electron chi connectivity index (χ1n) is 24.7. The Balaban J connectivity index is 1.04. The van der Waals surface area contributed by atoms with Crippen LogP contribution in [0, 0.1) is 72.9 Å². The number of fused-ring (bicyclic) bond motifs is 7. The molecule has 2 saturated heterocycles. The number of carboxylic acid groups (broad SMARTS) is 1. The molecule has 0 aromatic heterocycles. The number of carbonyl (C=O) groups is 3. The molecule has 9 nitrogen and oxygen atoms in total. The molecule has 8 aliphatic rings. The molecule has 0 aromatic rings. The van der Waals surface area contributed by atoms with E-state index in [1.54, 1.807) is 7.11 Å². The van der Waals surface area contributed by atoms with E-state index in [-0.39, 0.29) is 68.0 Å². The zero-order valence-electron chi connectivity index (χ0n) is 40.3. The summed E-state index contributed by atoms with van der Waals surface area (Å²) < 4.78 is 17.9. The van der Waals surface area contributed by atoms with E-state index in [1.165, 1.54) is 5.57 Å². The molecule has 0 radical (unpaired) electrons. The van der Waals surface area contributed by atoms with Crippen molar-refractivity contribution < 1.29 is 33.7 Å². The molecule has 6 saturated carbocycles. The van der Waals surface area contributed by atoms with Gasteiger partial charge in [-0.15, -0.1) is 0 Å². The van der Waals surface area contributed by atoms with E-state index in [0.717, 1.165) is 110 Å². The molecule has 0 spiro atoms. The van der Waals surface area contributed by atoms with Crippen molar-refractivity contribution in [1.29, 1.82) is 0 Å².